The number of H-pyrrole nitrogens is 1. The van der Waals surface area contributed by atoms with E-state index in [1.165, 1.54) is 48.0 Å². The van der Waals surface area contributed by atoms with Gasteiger partial charge in [0.2, 0.25) is 0 Å². The Morgan fingerprint density at radius 1 is 1.00 bits per heavy atom. The molecule has 0 aliphatic carbocycles. The van der Waals surface area contributed by atoms with Crippen LogP contribution in [0.25, 0.3) is 23.1 Å². The van der Waals surface area contributed by atoms with Crippen LogP contribution in [0.1, 0.15) is 35.4 Å². The zero-order valence-electron chi connectivity index (χ0n) is 14.5. The van der Waals surface area contributed by atoms with Crippen LogP contribution >= 0.6 is 11.6 Å². The molecular weight excluding hydrogens is 328 g/mol. The Kier molecular flexibility index (Phi) is 4.65. The van der Waals surface area contributed by atoms with Crippen molar-refractivity contribution in [2.45, 2.75) is 18.8 Å². The van der Waals surface area contributed by atoms with E-state index in [-0.39, 0.29) is 0 Å². The zero-order chi connectivity index (χ0) is 17.2. The number of hydrogen-bond acceptors (Lipinski definition) is 1. The van der Waals surface area contributed by atoms with Gasteiger partial charge in [0.1, 0.15) is 0 Å². The summed E-state index contributed by atoms with van der Waals surface area (Å²) in [5.74, 6) is 0.667. The van der Waals surface area contributed by atoms with Gasteiger partial charge in [0.25, 0.3) is 0 Å². The first-order valence-corrected chi connectivity index (χ1v) is 9.30. The summed E-state index contributed by atoms with van der Waals surface area (Å²) >= 11 is 5.95. The summed E-state index contributed by atoms with van der Waals surface area (Å²) < 4.78 is 0. The number of rotatable bonds is 3. The Morgan fingerprint density at radius 3 is 2.44 bits per heavy atom. The molecule has 0 atom stereocenters. The van der Waals surface area contributed by atoms with Gasteiger partial charge >= 0.3 is 0 Å². The molecular formula is C22H23ClN2. The maximum atomic E-state index is 5.95. The highest BCUT2D eigenvalue weighted by Gasteiger charge is 2.20. The number of piperidine rings is 1. The van der Waals surface area contributed by atoms with Crippen molar-refractivity contribution in [1.82, 2.24) is 9.88 Å². The van der Waals surface area contributed by atoms with Gasteiger partial charge in [-0.15, -0.1) is 0 Å². The van der Waals surface area contributed by atoms with E-state index in [0.29, 0.717) is 5.92 Å². The number of benzene rings is 2. The van der Waals surface area contributed by atoms with E-state index in [1.54, 1.807) is 0 Å². The average Bonchev–Trinajstić information content (AvgIpc) is 3.05. The number of nitrogens with one attached hydrogen (secondary N) is 1. The van der Waals surface area contributed by atoms with Gasteiger partial charge in [0.05, 0.1) is 0 Å². The van der Waals surface area contributed by atoms with Crippen LogP contribution < -0.4 is 0 Å². The van der Waals surface area contributed by atoms with E-state index in [0.717, 1.165) is 10.6 Å². The predicted molar refractivity (Wildman–Crippen MR) is 108 cm³/mol. The lowest BCUT2D eigenvalue weighted by atomic mass is 9.89. The average molecular weight is 351 g/mol. The number of aromatic amines is 1. The second-order valence-corrected chi connectivity index (χ2v) is 7.45. The molecule has 4 rings (SSSR count). The van der Waals surface area contributed by atoms with E-state index >= 15 is 0 Å². The van der Waals surface area contributed by atoms with Gasteiger partial charge in [-0.1, -0.05) is 42.0 Å². The van der Waals surface area contributed by atoms with Crippen LogP contribution in [0.5, 0.6) is 0 Å². The van der Waals surface area contributed by atoms with Crippen molar-refractivity contribution in [3.63, 3.8) is 0 Å². The van der Waals surface area contributed by atoms with Crippen molar-refractivity contribution < 1.29 is 0 Å². The van der Waals surface area contributed by atoms with Crippen molar-refractivity contribution in [1.29, 1.82) is 0 Å². The van der Waals surface area contributed by atoms with Gasteiger partial charge in [-0.05, 0) is 79.9 Å². The van der Waals surface area contributed by atoms with Crippen molar-refractivity contribution in [3.8, 4) is 0 Å². The van der Waals surface area contributed by atoms with Crippen LogP contribution in [0.4, 0.5) is 0 Å². The fourth-order valence-corrected chi connectivity index (χ4v) is 3.81. The molecule has 0 spiro atoms. The van der Waals surface area contributed by atoms with Gasteiger partial charge in [-0.3, -0.25) is 0 Å². The molecule has 2 heterocycles. The second kappa shape index (κ2) is 7.07. The summed E-state index contributed by atoms with van der Waals surface area (Å²) in [6.45, 7) is 2.38. The smallest absolute Gasteiger partial charge is 0.0457 e. The summed E-state index contributed by atoms with van der Waals surface area (Å²) in [6, 6.07) is 14.6. The third-order valence-corrected chi connectivity index (χ3v) is 5.49. The first-order chi connectivity index (χ1) is 12.2. The molecule has 0 unspecified atom stereocenters. The van der Waals surface area contributed by atoms with Crippen molar-refractivity contribution in [3.05, 3.63) is 70.4 Å². The minimum atomic E-state index is 0.667. The maximum Gasteiger partial charge on any atom is 0.0457 e. The van der Waals surface area contributed by atoms with Crippen LogP contribution in [-0.2, 0) is 0 Å². The Labute approximate surface area is 154 Å². The molecule has 0 saturated carbocycles. The summed E-state index contributed by atoms with van der Waals surface area (Å²) in [5.41, 5.74) is 5.10. The number of halogens is 1. The van der Waals surface area contributed by atoms with E-state index in [9.17, 15) is 0 Å². The molecule has 128 valence electrons. The Hall–Kier alpha value is -2.03. The molecule has 1 N–H and O–H groups in total. The molecule has 2 nitrogen and oxygen atoms in total. The van der Waals surface area contributed by atoms with E-state index < -0.39 is 0 Å². The summed E-state index contributed by atoms with van der Waals surface area (Å²) in [6.07, 6.45) is 9.02. The monoisotopic (exact) mass is 350 g/mol. The van der Waals surface area contributed by atoms with Crippen molar-refractivity contribution >= 4 is 34.7 Å². The van der Waals surface area contributed by atoms with Crippen molar-refractivity contribution in [2.75, 3.05) is 20.1 Å². The van der Waals surface area contributed by atoms with Crippen LogP contribution in [0.2, 0.25) is 5.02 Å². The van der Waals surface area contributed by atoms with Gasteiger partial charge in [0.15, 0.2) is 0 Å². The molecule has 2 aromatic carbocycles. The van der Waals surface area contributed by atoms with Gasteiger partial charge in [-0.2, -0.15) is 0 Å². The molecule has 3 aromatic rings. The highest BCUT2D eigenvalue weighted by atomic mass is 35.5. The molecule has 25 heavy (non-hydrogen) atoms. The molecule has 1 aromatic heterocycles. The third-order valence-electron chi connectivity index (χ3n) is 5.23. The second-order valence-electron chi connectivity index (χ2n) is 7.01. The fraction of sp³-hybridized carbons (Fsp3) is 0.273. The van der Waals surface area contributed by atoms with E-state index in [2.05, 4.69) is 53.5 Å². The zero-order valence-corrected chi connectivity index (χ0v) is 15.3. The summed E-state index contributed by atoms with van der Waals surface area (Å²) in [7, 11) is 2.21. The lowest BCUT2D eigenvalue weighted by Gasteiger charge is -2.28. The van der Waals surface area contributed by atoms with Crippen molar-refractivity contribution in [2.24, 2.45) is 0 Å². The normalized spacial score (nSPS) is 16.9. The molecule has 0 amide bonds. The maximum absolute atomic E-state index is 5.95. The standard InChI is InChI=1S/C22H23ClN2/c1-25-12-10-18(11-13-25)21-15-24-22-9-6-17(14-20(21)22)3-2-16-4-7-19(23)8-5-16/h2-9,14-15,18,24H,10-13H2,1H3/b3-2+. The Morgan fingerprint density at radius 2 is 1.68 bits per heavy atom. The van der Waals surface area contributed by atoms with E-state index in [1.807, 2.05) is 24.3 Å². The molecule has 1 aliphatic heterocycles. The number of nitrogens with zero attached hydrogens (tertiary/aromatic N) is 1. The van der Waals surface area contributed by atoms with Crippen LogP contribution in [0.3, 0.4) is 0 Å². The van der Waals surface area contributed by atoms with Crippen LogP contribution in [0, 0.1) is 0 Å². The predicted octanol–water partition coefficient (Wildman–Crippen LogP) is 5.80. The Balaban J connectivity index is 1.60. The molecule has 0 radical (unpaired) electrons. The van der Waals surface area contributed by atoms with E-state index in [4.69, 9.17) is 11.6 Å². The molecule has 1 saturated heterocycles. The van der Waals surface area contributed by atoms with Gasteiger partial charge in [-0.25, -0.2) is 0 Å². The quantitative estimate of drug-likeness (QED) is 0.591. The minimum absolute atomic E-state index is 0.667. The topological polar surface area (TPSA) is 19.0 Å². The van der Waals surface area contributed by atoms with Crippen LogP contribution in [-0.4, -0.2) is 30.0 Å². The lowest BCUT2D eigenvalue weighted by Crippen LogP contribution is -2.29. The number of hydrogen-bond donors (Lipinski definition) is 1. The first-order valence-electron chi connectivity index (χ1n) is 8.92. The highest BCUT2D eigenvalue weighted by molar-refractivity contribution is 6.30. The summed E-state index contributed by atoms with van der Waals surface area (Å²) in [5, 5.41) is 2.14. The Bertz CT molecular complexity index is 884. The first kappa shape index (κ1) is 16.4. The third kappa shape index (κ3) is 3.65. The summed E-state index contributed by atoms with van der Waals surface area (Å²) in [4.78, 5) is 5.87. The van der Waals surface area contributed by atoms with Gasteiger partial charge < -0.3 is 9.88 Å². The van der Waals surface area contributed by atoms with Gasteiger partial charge in [0, 0.05) is 22.1 Å². The number of likely N-dealkylation sites (tertiary alicyclic amines) is 1. The number of fused-ring (bicyclic) bond motifs is 1. The van der Waals surface area contributed by atoms with Crippen LogP contribution in [0.15, 0.2) is 48.7 Å². The molecule has 3 heteroatoms. The SMILES string of the molecule is CN1CCC(c2c[nH]c3ccc(/C=C/c4ccc(Cl)cc4)cc23)CC1. The highest BCUT2D eigenvalue weighted by Crippen LogP contribution is 2.33. The molecule has 1 aliphatic rings. The fourth-order valence-electron chi connectivity index (χ4n) is 3.69. The molecule has 1 fully saturated rings. The largest absolute Gasteiger partial charge is 0.361 e. The minimum Gasteiger partial charge on any atom is -0.361 e. The number of aromatic nitrogens is 1. The molecule has 0 bridgehead atoms. The lowest BCUT2D eigenvalue weighted by molar-refractivity contribution is 0.256.